The molecule has 1 aromatic carbocycles. The lowest BCUT2D eigenvalue weighted by molar-refractivity contribution is 0.126. The van der Waals surface area contributed by atoms with Gasteiger partial charge in [0.15, 0.2) is 11.5 Å². The topological polar surface area (TPSA) is 62.6 Å². The summed E-state index contributed by atoms with van der Waals surface area (Å²) in [5.41, 5.74) is 1.56. The third-order valence-electron chi connectivity index (χ3n) is 2.57. The van der Waals surface area contributed by atoms with E-state index in [9.17, 15) is 5.11 Å². The number of aliphatic hydroxyl groups is 1. The van der Waals surface area contributed by atoms with Crippen molar-refractivity contribution in [3.63, 3.8) is 0 Å². The first-order valence-electron chi connectivity index (χ1n) is 5.82. The molecule has 0 aliphatic heterocycles. The Morgan fingerprint density at radius 3 is 2.68 bits per heavy atom. The van der Waals surface area contributed by atoms with Crippen LogP contribution in [0.5, 0.6) is 11.5 Å². The van der Waals surface area contributed by atoms with Crippen molar-refractivity contribution in [1.29, 1.82) is 0 Å². The number of ether oxygens (including phenoxy) is 1. The molecule has 0 aliphatic carbocycles. The fourth-order valence-electron chi connectivity index (χ4n) is 1.58. The van der Waals surface area contributed by atoms with Crippen LogP contribution in [0.2, 0.25) is 0 Å². The van der Waals surface area contributed by atoms with Crippen LogP contribution in [0.4, 0.5) is 0 Å². The fraction of sp³-hybridized carbons (Fsp3) is 0.214. The van der Waals surface area contributed by atoms with Gasteiger partial charge >= 0.3 is 0 Å². The molecule has 0 radical (unpaired) electrons. The van der Waals surface area contributed by atoms with E-state index < -0.39 is 0 Å². The molecule has 1 heterocycles. The number of aromatic nitrogens is 1. The molecule has 0 saturated carbocycles. The van der Waals surface area contributed by atoms with Crippen molar-refractivity contribution in [1.82, 2.24) is 4.98 Å². The normalized spacial score (nSPS) is 12.2. The van der Waals surface area contributed by atoms with Gasteiger partial charge in [0.05, 0.1) is 12.3 Å². The fourth-order valence-corrected chi connectivity index (χ4v) is 1.81. The lowest BCUT2D eigenvalue weighted by atomic mass is 10.1. The Labute approximate surface area is 119 Å². The van der Waals surface area contributed by atoms with Crippen molar-refractivity contribution in [3.8, 4) is 22.8 Å². The van der Waals surface area contributed by atoms with Crippen LogP contribution in [-0.4, -0.2) is 27.9 Å². The van der Waals surface area contributed by atoms with Crippen LogP contribution in [0.1, 0.15) is 6.92 Å². The highest BCUT2D eigenvalue weighted by Crippen LogP contribution is 2.31. The van der Waals surface area contributed by atoms with Crippen molar-refractivity contribution in [3.05, 3.63) is 41.0 Å². The zero-order chi connectivity index (χ0) is 13.8. The molecule has 2 aromatic rings. The number of benzene rings is 1. The van der Waals surface area contributed by atoms with Gasteiger partial charge in [-0.2, -0.15) is 0 Å². The lowest BCUT2D eigenvalue weighted by Crippen LogP contribution is -2.16. The smallest absolute Gasteiger partial charge is 0.161 e. The average Bonchev–Trinajstić information content (AvgIpc) is 2.41. The number of pyridine rings is 1. The van der Waals surface area contributed by atoms with Crippen LogP contribution < -0.4 is 4.74 Å². The lowest BCUT2D eigenvalue weighted by Gasteiger charge is -2.13. The Balaban J connectivity index is 2.25. The Bertz CT molecular complexity index is 557. The van der Waals surface area contributed by atoms with E-state index in [-0.39, 0.29) is 18.5 Å². The van der Waals surface area contributed by atoms with Crippen molar-refractivity contribution in [2.75, 3.05) is 6.61 Å². The molecule has 5 heteroatoms. The van der Waals surface area contributed by atoms with Gasteiger partial charge in [0, 0.05) is 16.2 Å². The number of phenols is 1. The van der Waals surface area contributed by atoms with E-state index >= 15 is 0 Å². The van der Waals surface area contributed by atoms with Gasteiger partial charge in [-0.05, 0) is 53.2 Å². The predicted molar refractivity (Wildman–Crippen MR) is 76.2 cm³/mol. The SMILES string of the molecule is CC(CO)Oc1ccc(-c2ccc(Br)cn2)cc1O. The molecule has 0 amide bonds. The van der Waals surface area contributed by atoms with Gasteiger partial charge in [-0.1, -0.05) is 0 Å². The van der Waals surface area contributed by atoms with Crippen molar-refractivity contribution < 1.29 is 14.9 Å². The van der Waals surface area contributed by atoms with E-state index in [0.717, 1.165) is 15.7 Å². The first-order valence-corrected chi connectivity index (χ1v) is 6.62. The Morgan fingerprint density at radius 2 is 2.11 bits per heavy atom. The molecule has 100 valence electrons. The average molecular weight is 324 g/mol. The number of nitrogens with zero attached hydrogens (tertiary/aromatic N) is 1. The zero-order valence-corrected chi connectivity index (χ0v) is 12.0. The van der Waals surface area contributed by atoms with E-state index in [4.69, 9.17) is 9.84 Å². The summed E-state index contributed by atoms with van der Waals surface area (Å²) in [6.07, 6.45) is 1.34. The minimum absolute atomic E-state index is 0.0301. The monoisotopic (exact) mass is 323 g/mol. The molecule has 0 spiro atoms. The van der Waals surface area contributed by atoms with E-state index in [1.807, 2.05) is 18.2 Å². The summed E-state index contributed by atoms with van der Waals surface area (Å²) in [7, 11) is 0. The molecule has 0 bridgehead atoms. The zero-order valence-electron chi connectivity index (χ0n) is 10.4. The third-order valence-corrected chi connectivity index (χ3v) is 3.04. The van der Waals surface area contributed by atoms with Crippen molar-refractivity contribution >= 4 is 15.9 Å². The Morgan fingerprint density at radius 1 is 1.32 bits per heavy atom. The molecule has 2 rings (SSSR count). The molecule has 1 aromatic heterocycles. The van der Waals surface area contributed by atoms with Gasteiger partial charge in [0.25, 0.3) is 0 Å². The molecule has 1 unspecified atom stereocenters. The molecule has 0 fully saturated rings. The molecular weight excluding hydrogens is 310 g/mol. The van der Waals surface area contributed by atoms with Gasteiger partial charge in [0.2, 0.25) is 0 Å². The maximum Gasteiger partial charge on any atom is 0.161 e. The maximum atomic E-state index is 9.91. The summed E-state index contributed by atoms with van der Waals surface area (Å²) >= 11 is 3.32. The number of hydrogen-bond acceptors (Lipinski definition) is 4. The third kappa shape index (κ3) is 3.45. The Hall–Kier alpha value is -1.59. The van der Waals surface area contributed by atoms with Crippen LogP contribution in [-0.2, 0) is 0 Å². The molecule has 1 atom stereocenters. The minimum Gasteiger partial charge on any atom is -0.504 e. The molecule has 2 N–H and O–H groups in total. The number of hydrogen-bond donors (Lipinski definition) is 2. The summed E-state index contributed by atoms with van der Waals surface area (Å²) in [6, 6.07) is 8.82. The van der Waals surface area contributed by atoms with Gasteiger partial charge in [0.1, 0.15) is 6.10 Å². The second-order valence-electron chi connectivity index (χ2n) is 4.16. The van der Waals surface area contributed by atoms with Crippen molar-refractivity contribution in [2.45, 2.75) is 13.0 Å². The summed E-state index contributed by atoms with van der Waals surface area (Å²) in [4.78, 5) is 4.26. The molecule has 0 saturated heterocycles. The van der Waals surface area contributed by atoms with Gasteiger partial charge in [-0.3, -0.25) is 4.98 Å². The van der Waals surface area contributed by atoms with Gasteiger partial charge < -0.3 is 14.9 Å². The maximum absolute atomic E-state index is 9.91. The van der Waals surface area contributed by atoms with Gasteiger partial charge in [-0.15, -0.1) is 0 Å². The highest BCUT2D eigenvalue weighted by Gasteiger charge is 2.09. The van der Waals surface area contributed by atoms with E-state index in [2.05, 4.69) is 20.9 Å². The van der Waals surface area contributed by atoms with E-state index in [1.54, 1.807) is 25.3 Å². The number of aromatic hydroxyl groups is 1. The minimum atomic E-state index is -0.359. The first-order chi connectivity index (χ1) is 9.10. The summed E-state index contributed by atoms with van der Waals surface area (Å²) in [6.45, 7) is 1.62. The van der Waals surface area contributed by atoms with Crippen LogP contribution >= 0.6 is 15.9 Å². The largest absolute Gasteiger partial charge is 0.504 e. The highest BCUT2D eigenvalue weighted by atomic mass is 79.9. The van der Waals surface area contributed by atoms with Crippen molar-refractivity contribution in [2.24, 2.45) is 0 Å². The number of phenolic OH excluding ortho intramolecular Hbond substituents is 1. The van der Waals surface area contributed by atoms with Gasteiger partial charge in [-0.25, -0.2) is 0 Å². The molecular formula is C14H14BrNO3. The molecule has 19 heavy (non-hydrogen) atoms. The second kappa shape index (κ2) is 6.04. The van der Waals surface area contributed by atoms with Crippen LogP contribution in [0.3, 0.4) is 0 Å². The molecule has 0 aliphatic rings. The van der Waals surface area contributed by atoms with Crippen LogP contribution in [0.25, 0.3) is 11.3 Å². The van der Waals surface area contributed by atoms with E-state index in [1.165, 1.54) is 0 Å². The summed E-state index contributed by atoms with van der Waals surface area (Å²) < 4.78 is 6.28. The van der Waals surface area contributed by atoms with Crippen LogP contribution in [0.15, 0.2) is 41.0 Å². The predicted octanol–water partition coefficient (Wildman–Crippen LogP) is 2.98. The first kappa shape index (κ1) is 13.8. The van der Waals surface area contributed by atoms with E-state index in [0.29, 0.717) is 5.75 Å². The number of rotatable bonds is 4. The second-order valence-corrected chi connectivity index (χ2v) is 5.07. The quantitative estimate of drug-likeness (QED) is 0.908. The molecule has 4 nitrogen and oxygen atoms in total. The van der Waals surface area contributed by atoms with Crippen LogP contribution in [0, 0.1) is 0 Å². The summed E-state index contributed by atoms with van der Waals surface area (Å²) in [5, 5.41) is 18.8. The highest BCUT2D eigenvalue weighted by molar-refractivity contribution is 9.10. The standard InChI is InChI=1S/C14H14BrNO3/c1-9(8-17)19-14-5-2-10(6-13(14)18)12-4-3-11(15)7-16-12/h2-7,9,17-18H,8H2,1H3. The summed E-state index contributed by atoms with van der Waals surface area (Å²) in [5.74, 6) is 0.380. The number of aliphatic hydroxyl groups excluding tert-OH is 1. The Kier molecular flexibility index (Phi) is 4.39. The number of halogens is 1.